The third kappa shape index (κ3) is 5.80. The van der Waals surface area contributed by atoms with Crippen LogP contribution < -0.4 is 5.32 Å². The molecule has 2 aromatic rings. The number of carbonyl (C=O) groups is 2. The molecule has 1 saturated carbocycles. The summed E-state index contributed by atoms with van der Waals surface area (Å²) >= 11 is 0. The minimum absolute atomic E-state index is 0.00637. The third-order valence-corrected chi connectivity index (χ3v) is 6.12. The van der Waals surface area contributed by atoms with Crippen LogP contribution in [-0.4, -0.2) is 36.4 Å². The average Bonchev–Trinajstić information content (AvgIpc) is 2.84. The largest absolute Gasteiger partial charge is 0.465 e. The maximum Gasteiger partial charge on any atom is 0.337 e. The van der Waals surface area contributed by atoms with Crippen molar-refractivity contribution < 1.29 is 28.9 Å². The van der Waals surface area contributed by atoms with E-state index in [9.17, 15) is 14.7 Å². The summed E-state index contributed by atoms with van der Waals surface area (Å²) in [5.74, 6) is -0.459. The van der Waals surface area contributed by atoms with Crippen LogP contribution in [0.15, 0.2) is 60.4 Å². The summed E-state index contributed by atoms with van der Waals surface area (Å²) in [4.78, 5) is 24.6. The van der Waals surface area contributed by atoms with Gasteiger partial charge >= 0.3 is 5.97 Å². The SMILES string of the molecule is COC(=O)c1ccc([C@@H]2C=C(C(=O)NC3CCC3)O[C@H](OCc3ccc(CO)cc3)C2)cc1. The number of nitrogens with one attached hydrogen (secondary N) is 1. The van der Waals surface area contributed by atoms with Gasteiger partial charge in [0.2, 0.25) is 6.29 Å². The average molecular weight is 452 g/mol. The summed E-state index contributed by atoms with van der Waals surface area (Å²) in [6, 6.07) is 14.9. The quantitative estimate of drug-likeness (QED) is 0.596. The van der Waals surface area contributed by atoms with Crippen molar-refractivity contribution in [3.05, 3.63) is 82.6 Å². The van der Waals surface area contributed by atoms with Crippen molar-refractivity contribution >= 4 is 11.9 Å². The molecule has 33 heavy (non-hydrogen) atoms. The van der Waals surface area contributed by atoms with Crippen molar-refractivity contribution in [2.24, 2.45) is 0 Å². The van der Waals surface area contributed by atoms with E-state index in [4.69, 9.17) is 14.2 Å². The highest BCUT2D eigenvalue weighted by Crippen LogP contribution is 2.32. The summed E-state index contributed by atoms with van der Waals surface area (Å²) in [6.07, 6.45) is 4.87. The number of methoxy groups -OCH3 is 1. The fourth-order valence-electron chi connectivity index (χ4n) is 3.87. The number of aliphatic hydroxyl groups excluding tert-OH is 1. The molecule has 2 aromatic carbocycles. The van der Waals surface area contributed by atoms with Gasteiger partial charge in [-0.1, -0.05) is 36.4 Å². The van der Waals surface area contributed by atoms with E-state index in [1.807, 2.05) is 42.5 Å². The van der Waals surface area contributed by atoms with Gasteiger partial charge in [-0.2, -0.15) is 0 Å². The number of esters is 1. The van der Waals surface area contributed by atoms with E-state index in [2.05, 4.69) is 5.32 Å². The molecule has 7 nitrogen and oxygen atoms in total. The Morgan fingerprint density at radius 2 is 1.76 bits per heavy atom. The molecule has 0 saturated heterocycles. The Labute approximate surface area is 193 Å². The fourth-order valence-corrected chi connectivity index (χ4v) is 3.87. The zero-order valence-corrected chi connectivity index (χ0v) is 18.7. The number of amides is 1. The number of rotatable bonds is 8. The van der Waals surface area contributed by atoms with Crippen LogP contribution in [0.2, 0.25) is 0 Å². The van der Waals surface area contributed by atoms with Crippen LogP contribution >= 0.6 is 0 Å². The molecule has 2 atom stereocenters. The zero-order chi connectivity index (χ0) is 23.2. The van der Waals surface area contributed by atoms with E-state index in [1.165, 1.54) is 7.11 Å². The lowest BCUT2D eigenvalue weighted by molar-refractivity contribution is -0.150. The van der Waals surface area contributed by atoms with Gasteiger partial charge in [-0.05, 0) is 54.2 Å². The summed E-state index contributed by atoms with van der Waals surface area (Å²) in [5.41, 5.74) is 3.21. The molecule has 0 radical (unpaired) electrons. The molecule has 0 aromatic heterocycles. The van der Waals surface area contributed by atoms with E-state index < -0.39 is 12.3 Å². The van der Waals surface area contributed by atoms with E-state index in [1.54, 1.807) is 12.1 Å². The molecule has 0 bridgehead atoms. The predicted molar refractivity (Wildman–Crippen MR) is 121 cm³/mol. The van der Waals surface area contributed by atoms with Crippen LogP contribution in [0.5, 0.6) is 0 Å². The second kappa shape index (κ2) is 10.6. The van der Waals surface area contributed by atoms with Gasteiger partial charge in [0.1, 0.15) is 0 Å². The molecular weight excluding hydrogens is 422 g/mol. The maximum absolute atomic E-state index is 12.8. The second-order valence-corrected chi connectivity index (χ2v) is 8.42. The normalized spacial score (nSPS) is 20.2. The molecule has 0 spiro atoms. The first-order valence-corrected chi connectivity index (χ1v) is 11.2. The number of carbonyl (C=O) groups excluding carboxylic acids is 2. The van der Waals surface area contributed by atoms with Gasteiger partial charge < -0.3 is 24.6 Å². The molecule has 1 fully saturated rings. The van der Waals surface area contributed by atoms with Crippen LogP contribution in [0.3, 0.4) is 0 Å². The Kier molecular flexibility index (Phi) is 7.42. The highest BCUT2D eigenvalue weighted by Gasteiger charge is 2.30. The zero-order valence-electron chi connectivity index (χ0n) is 18.7. The first-order valence-electron chi connectivity index (χ1n) is 11.2. The van der Waals surface area contributed by atoms with Crippen LogP contribution in [0.1, 0.15) is 58.6 Å². The molecule has 1 aliphatic carbocycles. The Morgan fingerprint density at radius 3 is 2.36 bits per heavy atom. The highest BCUT2D eigenvalue weighted by atomic mass is 16.7. The monoisotopic (exact) mass is 451 g/mol. The van der Waals surface area contributed by atoms with Crippen molar-refractivity contribution in [1.29, 1.82) is 0 Å². The second-order valence-electron chi connectivity index (χ2n) is 8.42. The van der Waals surface area contributed by atoms with E-state index in [0.717, 1.165) is 36.0 Å². The minimum atomic E-state index is -0.597. The molecular formula is C26H29NO6. The van der Waals surface area contributed by atoms with Gasteiger partial charge in [0.15, 0.2) is 5.76 Å². The molecule has 7 heteroatoms. The Bertz CT molecular complexity index is 994. The summed E-state index contributed by atoms with van der Waals surface area (Å²) in [6.45, 7) is 0.315. The van der Waals surface area contributed by atoms with Crippen LogP contribution in [-0.2, 0) is 32.2 Å². The van der Waals surface area contributed by atoms with Crippen LogP contribution in [0.25, 0.3) is 0 Å². The minimum Gasteiger partial charge on any atom is -0.465 e. The molecule has 174 valence electrons. The van der Waals surface area contributed by atoms with Crippen molar-refractivity contribution in [1.82, 2.24) is 5.32 Å². The van der Waals surface area contributed by atoms with Crippen LogP contribution in [0, 0.1) is 0 Å². The molecule has 2 aliphatic rings. The Morgan fingerprint density at radius 1 is 1.06 bits per heavy atom. The molecule has 1 aliphatic heterocycles. The highest BCUT2D eigenvalue weighted by molar-refractivity contribution is 5.92. The van der Waals surface area contributed by atoms with Gasteiger partial charge in [0.05, 0.1) is 25.9 Å². The summed E-state index contributed by atoms with van der Waals surface area (Å²) < 4.78 is 16.7. The summed E-state index contributed by atoms with van der Waals surface area (Å²) in [5, 5.41) is 12.2. The molecule has 4 rings (SSSR count). The fraction of sp³-hybridized carbons (Fsp3) is 0.385. The third-order valence-electron chi connectivity index (χ3n) is 6.12. The van der Waals surface area contributed by atoms with Gasteiger partial charge in [-0.25, -0.2) is 4.79 Å². The standard InChI is InChI=1S/C26H29NO6/c1-31-26(30)20-11-9-19(10-12-20)21-13-23(25(29)27-22-3-2-4-22)33-24(14-21)32-16-18-7-5-17(15-28)6-8-18/h5-13,21-22,24,28H,2-4,14-16H2,1H3,(H,27,29)/t21-,24+/m1/s1. The lowest BCUT2D eigenvalue weighted by Gasteiger charge is -2.31. The Hall–Kier alpha value is -3.16. The van der Waals surface area contributed by atoms with Gasteiger partial charge in [0.25, 0.3) is 5.91 Å². The molecule has 0 unspecified atom stereocenters. The predicted octanol–water partition coefficient (Wildman–Crippen LogP) is 3.56. The Balaban J connectivity index is 1.48. The molecule has 2 N–H and O–H groups in total. The lowest BCUT2D eigenvalue weighted by Crippen LogP contribution is -2.42. The van der Waals surface area contributed by atoms with Gasteiger partial charge in [-0.3, -0.25) is 4.79 Å². The van der Waals surface area contributed by atoms with Gasteiger partial charge in [-0.15, -0.1) is 0 Å². The number of aliphatic hydroxyl groups is 1. The number of hydrogen-bond acceptors (Lipinski definition) is 6. The summed E-state index contributed by atoms with van der Waals surface area (Å²) in [7, 11) is 1.35. The number of allylic oxidation sites excluding steroid dienone is 1. The van der Waals surface area contributed by atoms with E-state index >= 15 is 0 Å². The van der Waals surface area contributed by atoms with Crippen molar-refractivity contribution in [2.75, 3.05) is 7.11 Å². The van der Waals surface area contributed by atoms with E-state index in [0.29, 0.717) is 18.6 Å². The molecule has 1 heterocycles. The number of hydrogen-bond donors (Lipinski definition) is 2. The number of benzene rings is 2. The van der Waals surface area contributed by atoms with E-state index in [-0.39, 0.29) is 30.2 Å². The topological polar surface area (TPSA) is 94.1 Å². The lowest BCUT2D eigenvalue weighted by atomic mass is 9.91. The van der Waals surface area contributed by atoms with Crippen LogP contribution in [0.4, 0.5) is 0 Å². The first kappa shape index (κ1) is 23.0. The van der Waals surface area contributed by atoms with Crippen molar-refractivity contribution in [3.63, 3.8) is 0 Å². The molecule has 1 amide bonds. The maximum atomic E-state index is 12.8. The first-order chi connectivity index (χ1) is 16.1. The smallest absolute Gasteiger partial charge is 0.337 e. The van der Waals surface area contributed by atoms with Gasteiger partial charge in [0, 0.05) is 18.4 Å². The van der Waals surface area contributed by atoms with Crippen molar-refractivity contribution in [2.45, 2.75) is 57.1 Å². The number of ether oxygens (including phenoxy) is 3. The van der Waals surface area contributed by atoms with Crippen molar-refractivity contribution in [3.8, 4) is 0 Å².